The summed E-state index contributed by atoms with van der Waals surface area (Å²) in [5.74, 6) is -1.70. The number of nitrogens with one attached hydrogen (secondary N) is 2. The quantitative estimate of drug-likeness (QED) is 0.554. The number of ether oxygens (including phenoxy) is 2. The van der Waals surface area contributed by atoms with E-state index in [2.05, 4.69) is 10.7 Å². The average Bonchev–Trinajstić information content (AvgIpc) is 2.83. The van der Waals surface area contributed by atoms with Gasteiger partial charge in [-0.1, -0.05) is 6.07 Å². The van der Waals surface area contributed by atoms with Crippen LogP contribution in [0.1, 0.15) is 23.2 Å². The lowest BCUT2D eigenvalue weighted by Gasteiger charge is -2.27. The van der Waals surface area contributed by atoms with E-state index in [1.807, 2.05) is 0 Å². The molecule has 1 saturated heterocycles. The van der Waals surface area contributed by atoms with Crippen molar-refractivity contribution in [1.29, 1.82) is 0 Å². The Kier molecular flexibility index (Phi) is 7.80. The van der Waals surface area contributed by atoms with E-state index in [1.165, 1.54) is 38.4 Å². The predicted octanol–water partition coefficient (Wildman–Crippen LogP) is 1.11. The van der Waals surface area contributed by atoms with E-state index in [9.17, 15) is 24.0 Å². The predicted molar refractivity (Wildman–Crippen MR) is 121 cm³/mol. The normalized spacial score (nSPS) is 13.1. The van der Waals surface area contributed by atoms with Crippen LogP contribution in [-0.4, -0.2) is 61.8 Å². The highest BCUT2D eigenvalue weighted by molar-refractivity contribution is 6.01. The van der Waals surface area contributed by atoms with Gasteiger partial charge in [0.15, 0.2) is 6.61 Å². The van der Waals surface area contributed by atoms with Gasteiger partial charge in [-0.25, -0.2) is 9.80 Å². The topological polar surface area (TPSA) is 134 Å². The Morgan fingerprint density at radius 3 is 2.53 bits per heavy atom. The summed E-state index contributed by atoms with van der Waals surface area (Å²) in [6, 6.07) is 12.6. The fraction of sp³-hybridized carbons (Fsp3) is 0.261. The highest BCUT2D eigenvalue weighted by atomic mass is 16.5. The molecule has 2 aromatic carbocycles. The molecule has 11 nitrogen and oxygen atoms in total. The number of rotatable bonds is 8. The van der Waals surface area contributed by atoms with E-state index in [4.69, 9.17) is 9.47 Å². The van der Waals surface area contributed by atoms with Crippen LogP contribution in [0, 0.1) is 0 Å². The molecule has 0 aliphatic carbocycles. The summed E-state index contributed by atoms with van der Waals surface area (Å²) in [6.45, 7) is -0.790. The molecule has 34 heavy (non-hydrogen) atoms. The van der Waals surface area contributed by atoms with Crippen molar-refractivity contribution in [2.45, 2.75) is 12.8 Å². The number of benzene rings is 2. The van der Waals surface area contributed by atoms with Gasteiger partial charge in [0.1, 0.15) is 5.75 Å². The summed E-state index contributed by atoms with van der Waals surface area (Å²) in [6.07, 6.45) is 0.230. The van der Waals surface area contributed by atoms with Crippen molar-refractivity contribution in [3.05, 3.63) is 54.1 Å². The lowest BCUT2D eigenvalue weighted by atomic mass is 10.2. The molecule has 178 valence electrons. The summed E-state index contributed by atoms with van der Waals surface area (Å²) < 4.78 is 10.1. The number of amides is 4. The fourth-order valence-electron chi connectivity index (χ4n) is 3.06. The Hall–Kier alpha value is -4.41. The molecule has 0 radical (unpaired) electrons. The van der Waals surface area contributed by atoms with Gasteiger partial charge in [-0.15, -0.1) is 0 Å². The number of esters is 1. The molecule has 1 heterocycles. The van der Waals surface area contributed by atoms with E-state index in [0.29, 0.717) is 17.1 Å². The number of carbonyl (C=O) groups excluding carboxylic acids is 5. The Bertz CT molecular complexity index is 1100. The third kappa shape index (κ3) is 6.31. The maximum atomic E-state index is 12.3. The monoisotopic (exact) mass is 468 g/mol. The molecule has 0 bridgehead atoms. The molecule has 0 atom stereocenters. The van der Waals surface area contributed by atoms with Crippen molar-refractivity contribution in [3.8, 4) is 5.75 Å². The number of anilines is 2. The molecular weight excluding hydrogens is 444 g/mol. The molecular formula is C23H24N4O7. The molecule has 2 N–H and O–H groups in total. The molecule has 0 unspecified atom stereocenters. The van der Waals surface area contributed by atoms with Gasteiger partial charge in [0, 0.05) is 31.6 Å². The Morgan fingerprint density at radius 1 is 1.09 bits per heavy atom. The average molecular weight is 468 g/mol. The van der Waals surface area contributed by atoms with Crippen LogP contribution in [0.3, 0.4) is 0 Å². The molecule has 11 heteroatoms. The molecule has 2 aromatic rings. The minimum absolute atomic E-state index is 0.100. The summed E-state index contributed by atoms with van der Waals surface area (Å²) in [4.78, 5) is 61.3. The fourth-order valence-corrected chi connectivity index (χ4v) is 3.06. The molecule has 0 aromatic heterocycles. The van der Waals surface area contributed by atoms with Crippen LogP contribution >= 0.6 is 0 Å². The van der Waals surface area contributed by atoms with Crippen LogP contribution in [-0.2, 0) is 23.9 Å². The summed E-state index contributed by atoms with van der Waals surface area (Å²) in [5.41, 5.74) is 3.53. The third-order valence-corrected chi connectivity index (χ3v) is 4.90. The van der Waals surface area contributed by atoms with Gasteiger partial charge in [-0.05, 0) is 36.4 Å². The van der Waals surface area contributed by atoms with Gasteiger partial charge in [-0.3, -0.25) is 24.6 Å². The van der Waals surface area contributed by atoms with Crippen LogP contribution in [0.2, 0.25) is 0 Å². The van der Waals surface area contributed by atoms with Crippen molar-refractivity contribution in [2.24, 2.45) is 0 Å². The van der Waals surface area contributed by atoms with Crippen LogP contribution in [0.25, 0.3) is 0 Å². The molecule has 0 saturated carbocycles. The molecule has 0 spiro atoms. The number of likely N-dealkylation sites (N-methyl/N-ethyl adjacent to an activating group) is 1. The van der Waals surface area contributed by atoms with Crippen LogP contribution in [0.15, 0.2) is 48.5 Å². The molecule has 4 amide bonds. The lowest BCUT2D eigenvalue weighted by Crippen LogP contribution is -2.50. The first-order valence-corrected chi connectivity index (χ1v) is 10.3. The second kappa shape index (κ2) is 10.9. The second-order valence-corrected chi connectivity index (χ2v) is 7.42. The summed E-state index contributed by atoms with van der Waals surface area (Å²) in [7, 11) is 2.93. The van der Waals surface area contributed by atoms with E-state index in [0.717, 1.165) is 9.91 Å². The van der Waals surface area contributed by atoms with Crippen molar-refractivity contribution >= 4 is 41.0 Å². The number of hydrogen-bond donors (Lipinski definition) is 2. The van der Waals surface area contributed by atoms with Crippen molar-refractivity contribution in [2.75, 3.05) is 37.6 Å². The minimum Gasteiger partial charge on any atom is -0.497 e. The standard InChI is InChI=1S/C23H24N4O7/c1-26(13-20(29)24-16-4-3-5-18(12-16)33-2)22(31)14-34-23(32)15-6-8-17(9-7-15)27-21(30)11-10-19(28)25-27/h3-9,12H,10-11,13-14H2,1-2H3,(H,24,29)(H,25,28). The highest BCUT2D eigenvalue weighted by Gasteiger charge is 2.24. The van der Waals surface area contributed by atoms with Crippen LogP contribution in [0.5, 0.6) is 5.75 Å². The van der Waals surface area contributed by atoms with Crippen molar-refractivity contribution in [3.63, 3.8) is 0 Å². The Balaban J connectivity index is 1.48. The highest BCUT2D eigenvalue weighted by Crippen LogP contribution is 2.18. The van der Waals surface area contributed by atoms with Crippen LogP contribution in [0.4, 0.5) is 11.4 Å². The van der Waals surface area contributed by atoms with E-state index in [1.54, 1.807) is 24.3 Å². The van der Waals surface area contributed by atoms with Gasteiger partial charge in [0.05, 0.1) is 24.9 Å². The third-order valence-electron chi connectivity index (χ3n) is 4.90. The second-order valence-electron chi connectivity index (χ2n) is 7.42. The SMILES string of the molecule is COc1cccc(NC(=O)CN(C)C(=O)COC(=O)c2ccc(N3NC(=O)CCC3=O)cc2)c1. The largest absolute Gasteiger partial charge is 0.497 e. The van der Waals surface area contributed by atoms with Crippen molar-refractivity contribution in [1.82, 2.24) is 10.3 Å². The molecule has 1 aliphatic rings. The molecule has 3 rings (SSSR count). The zero-order chi connectivity index (χ0) is 24.7. The first-order valence-electron chi connectivity index (χ1n) is 10.3. The first kappa shape index (κ1) is 24.2. The van der Waals surface area contributed by atoms with E-state index >= 15 is 0 Å². The zero-order valence-electron chi connectivity index (χ0n) is 18.7. The zero-order valence-corrected chi connectivity index (χ0v) is 18.7. The molecule has 1 aliphatic heterocycles. The number of hydrogen-bond acceptors (Lipinski definition) is 7. The molecule has 1 fully saturated rings. The maximum absolute atomic E-state index is 12.3. The number of nitrogens with zero attached hydrogens (tertiary/aromatic N) is 2. The Labute approximate surface area is 195 Å². The van der Waals surface area contributed by atoms with Gasteiger partial charge in [0.2, 0.25) is 17.7 Å². The summed E-state index contributed by atoms with van der Waals surface area (Å²) >= 11 is 0. The van der Waals surface area contributed by atoms with Crippen LogP contribution < -0.4 is 20.5 Å². The van der Waals surface area contributed by atoms with E-state index in [-0.39, 0.29) is 36.8 Å². The van der Waals surface area contributed by atoms with E-state index < -0.39 is 24.4 Å². The summed E-state index contributed by atoms with van der Waals surface area (Å²) in [5, 5.41) is 3.78. The van der Waals surface area contributed by atoms with Gasteiger partial charge >= 0.3 is 5.97 Å². The maximum Gasteiger partial charge on any atom is 0.338 e. The number of methoxy groups -OCH3 is 1. The number of carbonyl (C=O) groups is 5. The number of hydrazine groups is 1. The van der Waals surface area contributed by atoms with Gasteiger partial charge in [0.25, 0.3) is 5.91 Å². The minimum atomic E-state index is -0.747. The Morgan fingerprint density at radius 2 is 1.82 bits per heavy atom. The lowest BCUT2D eigenvalue weighted by molar-refractivity contribution is -0.136. The van der Waals surface area contributed by atoms with Gasteiger partial charge in [-0.2, -0.15) is 0 Å². The smallest absolute Gasteiger partial charge is 0.338 e. The first-order chi connectivity index (χ1) is 16.3. The van der Waals surface area contributed by atoms with Gasteiger partial charge < -0.3 is 19.7 Å². The van der Waals surface area contributed by atoms with Crippen molar-refractivity contribution < 1.29 is 33.4 Å².